The van der Waals surface area contributed by atoms with Crippen LogP contribution < -0.4 is 5.32 Å². The highest BCUT2D eigenvalue weighted by atomic mass is 32.1. The maximum Gasteiger partial charge on any atom is 0.143 e. The number of anilines is 2. The van der Waals surface area contributed by atoms with Gasteiger partial charge in [0.2, 0.25) is 0 Å². The Labute approximate surface area is 153 Å². The summed E-state index contributed by atoms with van der Waals surface area (Å²) in [5, 5.41) is 13.3. The summed E-state index contributed by atoms with van der Waals surface area (Å²) in [7, 11) is 0. The highest BCUT2D eigenvalue weighted by Crippen LogP contribution is 2.41. The number of nitriles is 1. The molecule has 4 nitrogen and oxygen atoms in total. The van der Waals surface area contributed by atoms with Crippen molar-refractivity contribution in [2.75, 3.05) is 5.32 Å². The van der Waals surface area contributed by atoms with Crippen LogP contribution in [0.25, 0.3) is 21.3 Å². The number of hydrogen-bond donors (Lipinski definition) is 1. The number of rotatable bonds is 3. The summed E-state index contributed by atoms with van der Waals surface area (Å²) in [6.45, 7) is 2.02. The summed E-state index contributed by atoms with van der Waals surface area (Å²) >= 11 is 1.57. The van der Waals surface area contributed by atoms with Crippen molar-refractivity contribution in [3.8, 4) is 17.2 Å². The molecule has 1 N–H and O–H groups in total. The average molecular weight is 360 g/mol. The van der Waals surface area contributed by atoms with Crippen LogP contribution in [0.5, 0.6) is 0 Å². The molecular formula is C20H13FN4S. The van der Waals surface area contributed by atoms with Crippen LogP contribution in [0.1, 0.15) is 10.4 Å². The molecule has 0 radical (unpaired) electrons. The quantitative estimate of drug-likeness (QED) is 0.530. The first kappa shape index (κ1) is 16.2. The van der Waals surface area contributed by atoms with Gasteiger partial charge in [0.1, 0.15) is 22.8 Å². The first-order valence-electron chi connectivity index (χ1n) is 7.93. The van der Waals surface area contributed by atoms with Crippen molar-refractivity contribution in [2.24, 2.45) is 0 Å². The predicted octanol–water partition coefficient (Wildman–Crippen LogP) is 5.42. The van der Waals surface area contributed by atoms with E-state index in [-0.39, 0.29) is 5.82 Å². The minimum Gasteiger partial charge on any atom is -0.340 e. The van der Waals surface area contributed by atoms with Crippen LogP contribution in [0.15, 0.2) is 54.9 Å². The van der Waals surface area contributed by atoms with Gasteiger partial charge in [0.05, 0.1) is 17.0 Å². The summed E-state index contributed by atoms with van der Waals surface area (Å²) in [4.78, 5) is 10.7. The zero-order valence-electron chi connectivity index (χ0n) is 13.8. The number of halogens is 1. The molecule has 0 saturated heterocycles. The Hall–Kier alpha value is -3.30. The van der Waals surface area contributed by atoms with Gasteiger partial charge < -0.3 is 5.32 Å². The van der Waals surface area contributed by atoms with Gasteiger partial charge in [-0.05, 0) is 42.8 Å². The Kier molecular flexibility index (Phi) is 4.07. The number of benzene rings is 2. The maximum atomic E-state index is 13.3. The highest BCUT2D eigenvalue weighted by molar-refractivity contribution is 7.19. The van der Waals surface area contributed by atoms with E-state index in [2.05, 4.69) is 21.4 Å². The fourth-order valence-corrected chi connectivity index (χ4v) is 3.92. The SMILES string of the molecule is Cc1sc2ncnc(Nc3cccc(C#N)c3)c2c1-c1ccc(F)cc1. The molecule has 26 heavy (non-hydrogen) atoms. The van der Waals surface area contributed by atoms with Crippen molar-refractivity contribution >= 4 is 33.1 Å². The standard InChI is InChI=1S/C20H13FN4S/c1-12-17(14-5-7-15(21)8-6-14)18-19(23-11-24-20(18)26-12)25-16-4-2-3-13(9-16)10-22/h2-9,11H,1H3,(H,23,24,25). The van der Waals surface area contributed by atoms with E-state index in [1.165, 1.54) is 18.5 Å². The van der Waals surface area contributed by atoms with Crippen LogP contribution in [-0.2, 0) is 0 Å². The van der Waals surface area contributed by atoms with Gasteiger partial charge in [-0.2, -0.15) is 5.26 Å². The van der Waals surface area contributed by atoms with E-state index >= 15 is 0 Å². The van der Waals surface area contributed by atoms with Crippen LogP contribution in [-0.4, -0.2) is 9.97 Å². The molecule has 2 aromatic heterocycles. The molecule has 0 amide bonds. The Balaban J connectivity index is 1.88. The van der Waals surface area contributed by atoms with Gasteiger partial charge in [-0.15, -0.1) is 11.3 Å². The third kappa shape index (κ3) is 2.89. The van der Waals surface area contributed by atoms with Crippen LogP contribution in [0.3, 0.4) is 0 Å². The van der Waals surface area contributed by atoms with E-state index < -0.39 is 0 Å². The second kappa shape index (κ2) is 6.54. The number of hydrogen-bond acceptors (Lipinski definition) is 5. The minimum atomic E-state index is -0.270. The molecule has 2 heterocycles. The smallest absolute Gasteiger partial charge is 0.143 e. The molecule has 0 fully saturated rings. The molecule has 0 atom stereocenters. The molecule has 6 heteroatoms. The van der Waals surface area contributed by atoms with E-state index in [4.69, 9.17) is 5.26 Å². The number of thiophene rings is 1. The normalized spacial score (nSPS) is 10.7. The first-order valence-corrected chi connectivity index (χ1v) is 8.74. The van der Waals surface area contributed by atoms with Gasteiger partial charge in [-0.3, -0.25) is 0 Å². The van der Waals surface area contributed by atoms with Crippen molar-refractivity contribution in [1.82, 2.24) is 9.97 Å². The first-order chi connectivity index (χ1) is 12.7. The number of nitrogens with zero attached hydrogens (tertiary/aromatic N) is 3. The number of nitrogens with one attached hydrogen (secondary N) is 1. The molecular weight excluding hydrogens is 347 g/mol. The van der Waals surface area contributed by atoms with Gasteiger partial charge >= 0.3 is 0 Å². The van der Waals surface area contributed by atoms with E-state index in [0.29, 0.717) is 11.4 Å². The topological polar surface area (TPSA) is 61.6 Å². The lowest BCUT2D eigenvalue weighted by Crippen LogP contribution is -1.96. The molecule has 0 unspecified atom stereocenters. The van der Waals surface area contributed by atoms with Gasteiger partial charge in [-0.25, -0.2) is 14.4 Å². The van der Waals surface area contributed by atoms with Crippen LogP contribution in [0.4, 0.5) is 15.9 Å². The summed E-state index contributed by atoms with van der Waals surface area (Å²) in [5.74, 6) is 0.391. The average Bonchev–Trinajstić information content (AvgIpc) is 2.99. The van der Waals surface area contributed by atoms with Crippen molar-refractivity contribution in [1.29, 1.82) is 5.26 Å². The fourth-order valence-electron chi connectivity index (χ4n) is 2.91. The molecule has 0 bridgehead atoms. The lowest BCUT2D eigenvalue weighted by atomic mass is 10.0. The van der Waals surface area contributed by atoms with Crippen LogP contribution in [0, 0.1) is 24.1 Å². The largest absolute Gasteiger partial charge is 0.340 e. The number of fused-ring (bicyclic) bond motifs is 1. The molecule has 4 rings (SSSR count). The molecule has 0 aliphatic carbocycles. The number of aryl methyl sites for hydroxylation is 1. The summed E-state index contributed by atoms with van der Waals surface area (Å²) in [6.07, 6.45) is 1.52. The molecule has 0 aliphatic rings. The van der Waals surface area contributed by atoms with Gasteiger partial charge in [0.15, 0.2) is 0 Å². The van der Waals surface area contributed by atoms with Crippen molar-refractivity contribution in [3.63, 3.8) is 0 Å². The van der Waals surface area contributed by atoms with E-state index in [1.807, 2.05) is 19.1 Å². The Morgan fingerprint density at radius 2 is 1.92 bits per heavy atom. The maximum absolute atomic E-state index is 13.3. The summed E-state index contributed by atoms with van der Waals surface area (Å²) < 4.78 is 13.3. The fraction of sp³-hybridized carbons (Fsp3) is 0.0500. The molecule has 2 aromatic carbocycles. The van der Waals surface area contributed by atoms with E-state index in [9.17, 15) is 4.39 Å². The lowest BCUT2D eigenvalue weighted by molar-refractivity contribution is 0.628. The summed E-state index contributed by atoms with van der Waals surface area (Å²) in [5.41, 5.74) is 3.25. The highest BCUT2D eigenvalue weighted by Gasteiger charge is 2.17. The second-order valence-corrected chi connectivity index (χ2v) is 6.96. The molecule has 4 aromatic rings. The molecule has 0 saturated carbocycles. The Morgan fingerprint density at radius 1 is 1.12 bits per heavy atom. The number of aromatic nitrogens is 2. The third-order valence-electron chi connectivity index (χ3n) is 4.05. The van der Waals surface area contributed by atoms with Gasteiger partial charge in [0.25, 0.3) is 0 Å². The zero-order valence-corrected chi connectivity index (χ0v) is 14.6. The van der Waals surface area contributed by atoms with Crippen molar-refractivity contribution in [3.05, 3.63) is 71.1 Å². The van der Waals surface area contributed by atoms with E-state index in [0.717, 1.165) is 31.9 Å². The van der Waals surface area contributed by atoms with Crippen LogP contribution >= 0.6 is 11.3 Å². The zero-order chi connectivity index (χ0) is 18.1. The summed E-state index contributed by atoms with van der Waals surface area (Å²) in [6, 6.07) is 15.8. The van der Waals surface area contributed by atoms with Gasteiger partial charge in [-0.1, -0.05) is 18.2 Å². The lowest BCUT2D eigenvalue weighted by Gasteiger charge is -2.09. The van der Waals surface area contributed by atoms with Crippen LogP contribution in [0.2, 0.25) is 0 Å². The van der Waals surface area contributed by atoms with Crippen molar-refractivity contribution in [2.45, 2.75) is 6.92 Å². The van der Waals surface area contributed by atoms with Gasteiger partial charge in [0, 0.05) is 16.1 Å². The third-order valence-corrected chi connectivity index (χ3v) is 5.06. The van der Waals surface area contributed by atoms with E-state index in [1.54, 1.807) is 35.6 Å². The Bertz CT molecular complexity index is 1140. The second-order valence-electron chi connectivity index (χ2n) is 5.76. The minimum absolute atomic E-state index is 0.270. The van der Waals surface area contributed by atoms with Crippen molar-refractivity contribution < 1.29 is 4.39 Å². The Morgan fingerprint density at radius 3 is 2.69 bits per heavy atom. The molecule has 126 valence electrons. The monoisotopic (exact) mass is 360 g/mol. The molecule has 0 spiro atoms. The predicted molar refractivity (Wildman–Crippen MR) is 102 cm³/mol. The molecule has 0 aliphatic heterocycles.